The molecule has 0 aliphatic heterocycles. The number of hydrogen-bond donors (Lipinski definition) is 1. The molecule has 0 bridgehead atoms. The first-order valence-corrected chi connectivity index (χ1v) is 4.41. The van der Waals surface area contributed by atoms with Crippen LogP contribution in [0.2, 0.25) is 5.02 Å². The van der Waals surface area contributed by atoms with Gasteiger partial charge in [0.15, 0.2) is 5.82 Å². The molecule has 0 saturated heterocycles. The zero-order chi connectivity index (χ0) is 9.84. The lowest BCUT2D eigenvalue weighted by Gasteiger charge is -2.20. The molecule has 0 fully saturated rings. The van der Waals surface area contributed by atoms with Crippen LogP contribution in [0.1, 0.15) is 6.92 Å². The molecule has 13 heavy (non-hydrogen) atoms. The molecule has 0 saturated carbocycles. The van der Waals surface area contributed by atoms with Gasteiger partial charge < -0.3 is 10.6 Å². The Morgan fingerprint density at radius 1 is 1.69 bits per heavy atom. The molecule has 1 rings (SSSR count). The fourth-order valence-electron chi connectivity index (χ4n) is 1.11. The van der Waals surface area contributed by atoms with E-state index in [1.165, 1.54) is 6.33 Å². The number of rotatable bonds is 3. The highest BCUT2D eigenvalue weighted by Crippen LogP contribution is 2.19. The van der Waals surface area contributed by atoms with Gasteiger partial charge in [-0.3, -0.25) is 0 Å². The number of likely N-dealkylation sites (N-methyl/N-ethyl adjacent to an activating group) is 1. The maximum atomic E-state index is 5.90. The fourth-order valence-corrected chi connectivity index (χ4v) is 1.35. The van der Waals surface area contributed by atoms with Crippen molar-refractivity contribution in [1.82, 2.24) is 9.97 Å². The first-order chi connectivity index (χ1) is 6.11. The van der Waals surface area contributed by atoms with Gasteiger partial charge in [-0.15, -0.1) is 0 Å². The second-order valence-electron chi connectivity index (χ2n) is 3.05. The minimum atomic E-state index is 0.0935. The lowest BCUT2D eigenvalue weighted by atomic mass is 10.3. The summed E-state index contributed by atoms with van der Waals surface area (Å²) >= 11 is 5.90. The highest BCUT2D eigenvalue weighted by molar-refractivity contribution is 6.32. The molecular formula is C8H13ClN4. The maximum Gasteiger partial charge on any atom is 0.150 e. The Morgan fingerprint density at radius 2 is 2.38 bits per heavy atom. The van der Waals surface area contributed by atoms with E-state index in [9.17, 15) is 0 Å². The van der Waals surface area contributed by atoms with Crippen LogP contribution in [0.15, 0.2) is 12.5 Å². The van der Waals surface area contributed by atoms with Crippen molar-refractivity contribution < 1.29 is 0 Å². The van der Waals surface area contributed by atoms with E-state index in [4.69, 9.17) is 17.3 Å². The Morgan fingerprint density at radius 3 is 2.92 bits per heavy atom. The van der Waals surface area contributed by atoms with Crippen LogP contribution in [0, 0.1) is 0 Å². The average Bonchev–Trinajstić information content (AvgIpc) is 2.03. The Hall–Kier alpha value is -0.870. The van der Waals surface area contributed by atoms with Gasteiger partial charge in [-0.25, -0.2) is 9.97 Å². The van der Waals surface area contributed by atoms with Crippen molar-refractivity contribution in [2.45, 2.75) is 13.0 Å². The third kappa shape index (κ3) is 2.82. The van der Waals surface area contributed by atoms with Crippen LogP contribution in [0.25, 0.3) is 0 Å². The van der Waals surface area contributed by atoms with Crippen LogP contribution in [0.5, 0.6) is 0 Å². The van der Waals surface area contributed by atoms with E-state index in [-0.39, 0.29) is 6.04 Å². The van der Waals surface area contributed by atoms with Crippen molar-refractivity contribution in [2.24, 2.45) is 5.73 Å². The Labute approximate surface area is 82.7 Å². The fraction of sp³-hybridized carbons (Fsp3) is 0.500. The molecule has 2 N–H and O–H groups in total. The number of hydrogen-bond acceptors (Lipinski definition) is 4. The third-order valence-corrected chi connectivity index (χ3v) is 1.84. The van der Waals surface area contributed by atoms with Crippen LogP contribution in [-0.2, 0) is 0 Å². The van der Waals surface area contributed by atoms with Crippen molar-refractivity contribution in [3.05, 3.63) is 17.5 Å². The standard InChI is InChI=1S/C8H13ClN4/c1-6(10)4-13(2)8-7(9)3-11-5-12-8/h3,5-6H,4,10H2,1-2H3. The van der Waals surface area contributed by atoms with Crippen molar-refractivity contribution in [3.63, 3.8) is 0 Å². The van der Waals surface area contributed by atoms with Gasteiger partial charge in [0.1, 0.15) is 11.3 Å². The summed E-state index contributed by atoms with van der Waals surface area (Å²) in [5, 5.41) is 0.547. The SMILES string of the molecule is CC(N)CN(C)c1ncncc1Cl. The predicted octanol–water partition coefficient (Wildman–Crippen LogP) is 0.913. The Bertz CT molecular complexity index is 277. The van der Waals surface area contributed by atoms with Crippen LogP contribution in [0.3, 0.4) is 0 Å². The molecule has 1 aromatic heterocycles. The summed E-state index contributed by atoms with van der Waals surface area (Å²) < 4.78 is 0. The van der Waals surface area contributed by atoms with Gasteiger partial charge in [-0.1, -0.05) is 11.6 Å². The summed E-state index contributed by atoms with van der Waals surface area (Å²) in [6, 6.07) is 0.0935. The zero-order valence-electron chi connectivity index (χ0n) is 7.74. The first-order valence-electron chi connectivity index (χ1n) is 4.03. The first kappa shape index (κ1) is 10.2. The number of aromatic nitrogens is 2. The monoisotopic (exact) mass is 200 g/mol. The molecule has 0 aliphatic carbocycles. The highest BCUT2D eigenvalue weighted by atomic mass is 35.5. The molecule has 4 nitrogen and oxygen atoms in total. The molecule has 0 aliphatic rings. The van der Waals surface area contributed by atoms with Gasteiger partial charge in [-0.05, 0) is 6.92 Å². The summed E-state index contributed by atoms with van der Waals surface area (Å²) in [7, 11) is 1.90. The maximum absolute atomic E-state index is 5.90. The molecule has 1 unspecified atom stereocenters. The molecule has 1 heterocycles. The molecule has 72 valence electrons. The number of nitrogens with zero attached hydrogens (tertiary/aromatic N) is 3. The summed E-state index contributed by atoms with van der Waals surface area (Å²) in [4.78, 5) is 9.78. The van der Waals surface area contributed by atoms with E-state index in [2.05, 4.69) is 9.97 Å². The molecule has 5 heteroatoms. The van der Waals surface area contributed by atoms with Gasteiger partial charge in [0.2, 0.25) is 0 Å². The predicted molar refractivity (Wildman–Crippen MR) is 54.0 cm³/mol. The number of anilines is 1. The van der Waals surface area contributed by atoms with E-state index in [1.807, 2.05) is 18.9 Å². The normalized spacial score (nSPS) is 12.6. The van der Waals surface area contributed by atoms with Crippen molar-refractivity contribution in [2.75, 3.05) is 18.5 Å². The average molecular weight is 201 g/mol. The van der Waals surface area contributed by atoms with Crippen molar-refractivity contribution >= 4 is 17.4 Å². The van der Waals surface area contributed by atoms with Crippen LogP contribution >= 0.6 is 11.6 Å². The second kappa shape index (κ2) is 4.39. The molecular weight excluding hydrogens is 188 g/mol. The zero-order valence-corrected chi connectivity index (χ0v) is 8.49. The summed E-state index contributed by atoms with van der Waals surface area (Å²) in [6.45, 7) is 2.66. The topological polar surface area (TPSA) is 55.0 Å². The lowest BCUT2D eigenvalue weighted by Crippen LogP contribution is -2.33. The largest absolute Gasteiger partial charge is 0.357 e. The minimum Gasteiger partial charge on any atom is -0.357 e. The third-order valence-electron chi connectivity index (χ3n) is 1.57. The van der Waals surface area contributed by atoms with Crippen LogP contribution in [0.4, 0.5) is 5.82 Å². The van der Waals surface area contributed by atoms with E-state index in [0.29, 0.717) is 10.8 Å². The lowest BCUT2D eigenvalue weighted by molar-refractivity contribution is 0.711. The van der Waals surface area contributed by atoms with E-state index < -0.39 is 0 Å². The minimum absolute atomic E-state index is 0.0935. The number of nitrogens with two attached hydrogens (primary N) is 1. The molecule has 0 amide bonds. The van der Waals surface area contributed by atoms with E-state index in [1.54, 1.807) is 6.20 Å². The quantitative estimate of drug-likeness (QED) is 0.788. The van der Waals surface area contributed by atoms with Crippen molar-refractivity contribution in [1.29, 1.82) is 0 Å². The Balaban J connectivity index is 2.76. The summed E-state index contributed by atoms with van der Waals surface area (Å²) in [6.07, 6.45) is 3.04. The summed E-state index contributed by atoms with van der Waals surface area (Å²) in [5.74, 6) is 0.717. The van der Waals surface area contributed by atoms with Gasteiger partial charge in [0, 0.05) is 19.6 Å². The Kier molecular flexibility index (Phi) is 3.45. The van der Waals surface area contributed by atoms with Crippen LogP contribution in [-0.4, -0.2) is 29.6 Å². The van der Waals surface area contributed by atoms with E-state index in [0.717, 1.165) is 6.54 Å². The van der Waals surface area contributed by atoms with E-state index >= 15 is 0 Å². The van der Waals surface area contributed by atoms with Gasteiger partial charge in [-0.2, -0.15) is 0 Å². The molecule has 0 spiro atoms. The van der Waals surface area contributed by atoms with Crippen LogP contribution < -0.4 is 10.6 Å². The van der Waals surface area contributed by atoms with Crippen molar-refractivity contribution in [3.8, 4) is 0 Å². The second-order valence-corrected chi connectivity index (χ2v) is 3.46. The molecule has 0 aromatic carbocycles. The molecule has 1 aromatic rings. The highest BCUT2D eigenvalue weighted by Gasteiger charge is 2.08. The van der Waals surface area contributed by atoms with Gasteiger partial charge >= 0.3 is 0 Å². The molecule has 0 radical (unpaired) electrons. The summed E-state index contributed by atoms with van der Waals surface area (Å²) in [5.41, 5.74) is 5.65. The number of halogens is 1. The van der Waals surface area contributed by atoms with Gasteiger partial charge in [0.25, 0.3) is 0 Å². The van der Waals surface area contributed by atoms with Gasteiger partial charge in [0.05, 0.1) is 6.20 Å². The molecule has 1 atom stereocenters. The smallest absolute Gasteiger partial charge is 0.150 e.